The van der Waals surface area contributed by atoms with Gasteiger partial charge in [0.2, 0.25) is 0 Å². The first-order valence-corrected chi connectivity index (χ1v) is 5.76. The summed E-state index contributed by atoms with van der Waals surface area (Å²) in [4.78, 5) is 4.15. The number of aryl methyl sites for hydroxylation is 1. The molecule has 1 aliphatic carbocycles. The highest BCUT2D eigenvalue weighted by atomic mass is 16.5. The van der Waals surface area contributed by atoms with Crippen LogP contribution in [0, 0.1) is 6.92 Å². The predicted molar refractivity (Wildman–Crippen MR) is 63.0 cm³/mol. The summed E-state index contributed by atoms with van der Waals surface area (Å²) in [5, 5.41) is 0. The standard InChI is InChI=1S/C13H19NO2/c1-9-7-14-8-11(16-13(2,3)4)12(9)15-10-5-6-10/h7-8,10H,5-6H2,1-4H3. The average Bonchev–Trinajstić information content (AvgIpc) is 2.92. The van der Waals surface area contributed by atoms with E-state index in [0.29, 0.717) is 6.10 Å². The van der Waals surface area contributed by atoms with Gasteiger partial charge in [0.1, 0.15) is 5.60 Å². The Morgan fingerprint density at radius 3 is 2.50 bits per heavy atom. The average molecular weight is 221 g/mol. The summed E-state index contributed by atoms with van der Waals surface area (Å²) in [6.45, 7) is 8.07. The van der Waals surface area contributed by atoms with Gasteiger partial charge in [-0.15, -0.1) is 0 Å². The molecule has 0 atom stereocenters. The number of nitrogens with zero attached hydrogens (tertiary/aromatic N) is 1. The van der Waals surface area contributed by atoms with Gasteiger partial charge in [-0.1, -0.05) is 0 Å². The zero-order valence-electron chi connectivity index (χ0n) is 10.4. The van der Waals surface area contributed by atoms with E-state index in [0.717, 1.165) is 29.9 Å². The maximum Gasteiger partial charge on any atom is 0.180 e. The maximum atomic E-state index is 5.87. The lowest BCUT2D eigenvalue weighted by Gasteiger charge is -2.23. The van der Waals surface area contributed by atoms with Crippen LogP contribution in [-0.4, -0.2) is 16.7 Å². The lowest BCUT2D eigenvalue weighted by Crippen LogP contribution is -2.23. The summed E-state index contributed by atoms with van der Waals surface area (Å²) in [5.41, 5.74) is 0.811. The first kappa shape index (κ1) is 11.2. The number of hydrogen-bond acceptors (Lipinski definition) is 3. The van der Waals surface area contributed by atoms with Gasteiger partial charge in [-0.2, -0.15) is 0 Å². The molecule has 3 heteroatoms. The highest BCUT2D eigenvalue weighted by molar-refractivity contribution is 5.43. The molecule has 88 valence electrons. The molecule has 1 aromatic rings. The summed E-state index contributed by atoms with van der Waals surface area (Å²) < 4.78 is 11.7. The number of pyridine rings is 1. The van der Waals surface area contributed by atoms with Crippen molar-refractivity contribution in [3.05, 3.63) is 18.0 Å². The second kappa shape index (κ2) is 3.96. The molecule has 0 unspecified atom stereocenters. The minimum atomic E-state index is -0.225. The second-order valence-electron chi connectivity index (χ2n) is 5.32. The van der Waals surface area contributed by atoms with E-state index in [1.54, 1.807) is 6.20 Å². The van der Waals surface area contributed by atoms with Gasteiger partial charge in [0.15, 0.2) is 11.5 Å². The van der Waals surface area contributed by atoms with Gasteiger partial charge in [-0.05, 0) is 40.5 Å². The van der Waals surface area contributed by atoms with Crippen LogP contribution in [0.25, 0.3) is 0 Å². The molecular weight excluding hydrogens is 202 g/mol. The Kier molecular flexibility index (Phi) is 2.78. The molecule has 1 fully saturated rings. The number of aromatic nitrogens is 1. The lowest BCUT2D eigenvalue weighted by atomic mass is 10.2. The highest BCUT2D eigenvalue weighted by Crippen LogP contribution is 2.36. The molecular formula is C13H19NO2. The molecule has 0 saturated heterocycles. The smallest absolute Gasteiger partial charge is 0.180 e. The molecule has 0 aromatic carbocycles. The monoisotopic (exact) mass is 221 g/mol. The third-order valence-electron chi connectivity index (χ3n) is 2.27. The molecule has 2 rings (SSSR count). The fraction of sp³-hybridized carbons (Fsp3) is 0.615. The van der Waals surface area contributed by atoms with Crippen LogP contribution in [0.15, 0.2) is 12.4 Å². The summed E-state index contributed by atoms with van der Waals surface area (Å²) in [6, 6.07) is 0. The van der Waals surface area contributed by atoms with Gasteiger partial charge in [0.05, 0.1) is 12.3 Å². The molecule has 1 aliphatic rings. The third-order valence-corrected chi connectivity index (χ3v) is 2.27. The van der Waals surface area contributed by atoms with Gasteiger partial charge in [0.25, 0.3) is 0 Å². The van der Waals surface area contributed by atoms with Crippen molar-refractivity contribution < 1.29 is 9.47 Å². The van der Waals surface area contributed by atoms with Crippen LogP contribution in [0.4, 0.5) is 0 Å². The van der Waals surface area contributed by atoms with Crippen LogP contribution in [-0.2, 0) is 0 Å². The zero-order chi connectivity index (χ0) is 11.8. The van der Waals surface area contributed by atoms with Crippen LogP contribution in [0.5, 0.6) is 11.5 Å². The Morgan fingerprint density at radius 1 is 1.25 bits per heavy atom. The van der Waals surface area contributed by atoms with Gasteiger partial charge in [0, 0.05) is 11.8 Å². The molecule has 1 aromatic heterocycles. The Morgan fingerprint density at radius 2 is 1.94 bits per heavy atom. The van der Waals surface area contributed by atoms with Gasteiger partial charge in [-0.3, -0.25) is 4.98 Å². The zero-order valence-corrected chi connectivity index (χ0v) is 10.4. The fourth-order valence-electron chi connectivity index (χ4n) is 1.43. The van der Waals surface area contributed by atoms with Crippen molar-refractivity contribution in [2.24, 2.45) is 0 Å². The lowest BCUT2D eigenvalue weighted by molar-refractivity contribution is 0.121. The van der Waals surface area contributed by atoms with Crippen molar-refractivity contribution in [3.63, 3.8) is 0 Å². The van der Waals surface area contributed by atoms with Crippen LogP contribution in [0.2, 0.25) is 0 Å². The van der Waals surface area contributed by atoms with E-state index >= 15 is 0 Å². The predicted octanol–water partition coefficient (Wildman–Crippen LogP) is 3.11. The first-order chi connectivity index (χ1) is 7.46. The molecule has 1 heterocycles. The summed E-state index contributed by atoms with van der Waals surface area (Å²) in [5.74, 6) is 1.60. The number of rotatable bonds is 3. The highest BCUT2D eigenvalue weighted by Gasteiger charge is 2.27. The van der Waals surface area contributed by atoms with Crippen molar-refractivity contribution >= 4 is 0 Å². The summed E-state index contributed by atoms with van der Waals surface area (Å²) >= 11 is 0. The minimum Gasteiger partial charge on any atom is -0.486 e. The quantitative estimate of drug-likeness (QED) is 0.786. The Labute approximate surface area is 96.8 Å². The maximum absolute atomic E-state index is 5.87. The van der Waals surface area contributed by atoms with Gasteiger partial charge >= 0.3 is 0 Å². The van der Waals surface area contributed by atoms with E-state index in [9.17, 15) is 0 Å². The van der Waals surface area contributed by atoms with Crippen molar-refractivity contribution in [1.82, 2.24) is 4.98 Å². The summed E-state index contributed by atoms with van der Waals surface area (Å²) in [7, 11) is 0. The number of ether oxygens (including phenoxy) is 2. The van der Waals surface area contributed by atoms with Crippen molar-refractivity contribution in [2.45, 2.75) is 52.2 Å². The minimum absolute atomic E-state index is 0.225. The molecule has 0 spiro atoms. The molecule has 0 amide bonds. The van der Waals surface area contributed by atoms with Crippen LogP contribution >= 0.6 is 0 Å². The van der Waals surface area contributed by atoms with E-state index in [-0.39, 0.29) is 5.60 Å². The van der Waals surface area contributed by atoms with Crippen LogP contribution in [0.1, 0.15) is 39.2 Å². The third kappa shape index (κ3) is 2.87. The molecule has 0 aliphatic heterocycles. The Bertz CT molecular complexity index is 378. The van der Waals surface area contributed by atoms with Gasteiger partial charge < -0.3 is 9.47 Å². The molecule has 16 heavy (non-hydrogen) atoms. The molecule has 1 saturated carbocycles. The second-order valence-corrected chi connectivity index (χ2v) is 5.32. The molecule has 0 N–H and O–H groups in total. The SMILES string of the molecule is Cc1cncc(OC(C)(C)C)c1OC1CC1. The van der Waals surface area contributed by atoms with E-state index < -0.39 is 0 Å². The van der Waals surface area contributed by atoms with E-state index in [1.165, 1.54) is 0 Å². The first-order valence-electron chi connectivity index (χ1n) is 5.76. The van der Waals surface area contributed by atoms with E-state index in [2.05, 4.69) is 4.98 Å². The van der Waals surface area contributed by atoms with E-state index in [1.807, 2.05) is 33.9 Å². The normalized spacial score (nSPS) is 16.0. The molecule has 0 radical (unpaired) electrons. The molecule has 0 bridgehead atoms. The number of hydrogen-bond donors (Lipinski definition) is 0. The van der Waals surface area contributed by atoms with Crippen molar-refractivity contribution in [3.8, 4) is 11.5 Å². The van der Waals surface area contributed by atoms with Crippen LogP contribution in [0.3, 0.4) is 0 Å². The van der Waals surface area contributed by atoms with Gasteiger partial charge in [-0.25, -0.2) is 0 Å². The van der Waals surface area contributed by atoms with Crippen molar-refractivity contribution in [1.29, 1.82) is 0 Å². The Hall–Kier alpha value is -1.25. The Balaban J connectivity index is 2.24. The molecule has 3 nitrogen and oxygen atoms in total. The van der Waals surface area contributed by atoms with Crippen molar-refractivity contribution in [2.75, 3.05) is 0 Å². The van der Waals surface area contributed by atoms with Crippen LogP contribution < -0.4 is 9.47 Å². The topological polar surface area (TPSA) is 31.4 Å². The largest absolute Gasteiger partial charge is 0.486 e. The fourth-order valence-corrected chi connectivity index (χ4v) is 1.43. The van der Waals surface area contributed by atoms with E-state index in [4.69, 9.17) is 9.47 Å². The summed E-state index contributed by atoms with van der Waals surface area (Å²) in [6.07, 6.45) is 6.22.